The zero-order valence-corrected chi connectivity index (χ0v) is 11.1. The molecule has 2 saturated heterocycles. The van der Waals surface area contributed by atoms with Gasteiger partial charge < -0.3 is 5.32 Å². The molecular weight excluding hydrogens is 227 g/mol. The Kier molecular flexibility index (Phi) is 3.12. The van der Waals surface area contributed by atoms with Crippen LogP contribution in [0.1, 0.15) is 18.1 Å². The SMILES string of the molecule is Cc1cc(CN2CC3CNCC3C2C)ccc1F. The number of nitrogens with one attached hydrogen (secondary N) is 1. The first-order chi connectivity index (χ1) is 8.65. The maximum Gasteiger partial charge on any atom is 0.126 e. The fraction of sp³-hybridized carbons (Fsp3) is 0.600. The highest BCUT2D eigenvalue weighted by molar-refractivity contribution is 5.24. The summed E-state index contributed by atoms with van der Waals surface area (Å²) >= 11 is 0. The van der Waals surface area contributed by atoms with Crippen LogP contribution in [-0.2, 0) is 6.54 Å². The third-order valence-corrected chi connectivity index (χ3v) is 4.66. The van der Waals surface area contributed by atoms with Crippen molar-refractivity contribution in [3.05, 3.63) is 35.1 Å². The van der Waals surface area contributed by atoms with Crippen molar-refractivity contribution in [2.24, 2.45) is 11.8 Å². The van der Waals surface area contributed by atoms with E-state index in [1.165, 1.54) is 12.1 Å². The van der Waals surface area contributed by atoms with Crippen LogP contribution in [0.25, 0.3) is 0 Å². The molecule has 0 amide bonds. The Bertz CT molecular complexity index is 446. The highest BCUT2D eigenvalue weighted by atomic mass is 19.1. The van der Waals surface area contributed by atoms with E-state index in [1.807, 2.05) is 19.1 Å². The van der Waals surface area contributed by atoms with Gasteiger partial charge in [0, 0.05) is 19.1 Å². The molecule has 0 aliphatic carbocycles. The van der Waals surface area contributed by atoms with E-state index >= 15 is 0 Å². The van der Waals surface area contributed by atoms with E-state index in [9.17, 15) is 4.39 Å². The number of aryl methyl sites for hydroxylation is 1. The summed E-state index contributed by atoms with van der Waals surface area (Å²) in [4.78, 5) is 2.54. The quantitative estimate of drug-likeness (QED) is 0.863. The second kappa shape index (κ2) is 4.63. The molecule has 3 rings (SSSR count). The lowest BCUT2D eigenvalue weighted by Crippen LogP contribution is -2.32. The molecule has 2 aliphatic rings. The summed E-state index contributed by atoms with van der Waals surface area (Å²) in [6.07, 6.45) is 0. The summed E-state index contributed by atoms with van der Waals surface area (Å²) in [6, 6.07) is 6.12. The molecule has 3 unspecified atom stereocenters. The summed E-state index contributed by atoms with van der Waals surface area (Å²) in [6.45, 7) is 8.61. The number of hydrogen-bond donors (Lipinski definition) is 1. The number of likely N-dealkylation sites (tertiary alicyclic amines) is 1. The lowest BCUT2D eigenvalue weighted by atomic mass is 9.95. The number of benzene rings is 1. The summed E-state index contributed by atoms with van der Waals surface area (Å²) in [5.74, 6) is 1.50. The largest absolute Gasteiger partial charge is 0.316 e. The van der Waals surface area contributed by atoms with Crippen LogP contribution in [0.2, 0.25) is 0 Å². The molecule has 0 radical (unpaired) electrons. The molecule has 3 atom stereocenters. The number of rotatable bonds is 2. The summed E-state index contributed by atoms with van der Waals surface area (Å²) in [5.41, 5.74) is 1.98. The number of hydrogen-bond acceptors (Lipinski definition) is 2. The molecule has 2 nitrogen and oxygen atoms in total. The zero-order chi connectivity index (χ0) is 12.7. The van der Waals surface area contributed by atoms with Crippen molar-refractivity contribution in [2.75, 3.05) is 19.6 Å². The van der Waals surface area contributed by atoms with Crippen molar-refractivity contribution in [3.8, 4) is 0 Å². The fourth-order valence-electron chi connectivity index (χ4n) is 3.50. The van der Waals surface area contributed by atoms with Crippen LogP contribution in [0.3, 0.4) is 0 Å². The molecule has 0 saturated carbocycles. The van der Waals surface area contributed by atoms with E-state index in [4.69, 9.17) is 0 Å². The molecule has 2 aliphatic heterocycles. The van der Waals surface area contributed by atoms with E-state index in [0.29, 0.717) is 6.04 Å². The Morgan fingerprint density at radius 1 is 1.39 bits per heavy atom. The van der Waals surface area contributed by atoms with Gasteiger partial charge in [-0.15, -0.1) is 0 Å². The number of fused-ring (bicyclic) bond motifs is 1. The van der Waals surface area contributed by atoms with Crippen molar-refractivity contribution in [1.82, 2.24) is 10.2 Å². The van der Waals surface area contributed by atoms with Gasteiger partial charge in [0.05, 0.1) is 0 Å². The van der Waals surface area contributed by atoms with Gasteiger partial charge in [0.25, 0.3) is 0 Å². The third kappa shape index (κ3) is 2.06. The molecule has 0 aromatic heterocycles. The Morgan fingerprint density at radius 2 is 2.22 bits per heavy atom. The molecular formula is C15H21FN2. The first-order valence-electron chi connectivity index (χ1n) is 6.85. The van der Waals surface area contributed by atoms with Gasteiger partial charge in [0.1, 0.15) is 5.82 Å². The monoisotopic (exact) mass is 248 g/mol. The van der Waals surface area contributed by atoms with Crippen molar-refractivity contribution < 1.29 is 4.39 Å². The fourth-order valence-corrected chi connectivity index (χ4v) is 3.50. The van der Waals surface area contributed by atoms with Crippen LogP contribution in [0.5, 0.6) is 0 Å². The minimum atomic E-state index is -0.103. The summed E-state index contributed by atoms with van der Waals surface area (Å²) < 4.78 is 13.3. The predicted octanol–water partition coefficient (Wildman–Crippen LogP) is 2.17. The first kappa shape index (κ1) is 12.1. The van der Waals surface area contributed by atoms with Crippen LogP contribution < -0.4 is 5.32 Å². The molecule has 3 heteroatoms. The normalized spacial score (nSPS) is 31.8. The molecule has 1 aromatic carbocycles. The van der Waals surface area contributed by atoms with Crippen LogP contribution in [-0.4, -0.2) is 30.6 Å². The van der Waals surface area contributed by atoms with Gasteiger partial charge in [0.15, 0.2) is 0 Å². The van der Waals surface area contributed by atoms with Crippen LogP contribution in [0.4, 0.5) is 4.39 Å². The molecule has 18 heavy (non-hydrogen) atoms. The van der Waals surface area contributed by atoms with Gasteiger partial charge in [-0.1, -0.05) is 12.1 Å². The highest BCUT2D eigenvalue weighted by Crippen LogP contribution is 2.33. The van der Waals surface area contributed by atoms with Gasteiger partial charge >= 0.3 is 0 Å². The molecule has 2 heterocycles. The molecule has 2 fully saturated rings. The van der Waals surface area contributed by atoms with E-state index in [0.717, 1.165) is 37.0 Å². The molecule has 1 aromatic rings. The van der Waals surface area contributed by atoms with Gasteiger partial charge in [0.2, 0.25) is 0 Å². The van der Waals surface area contributed by atoms with Crippen LogP contribution >= 0.6 is 0 Å². The first-order valence-corrected chi connectivity index (χ1v) is 6.85. The molecule has 0 bridgehead atoms. The van der Waals surface area contributed by atoms with E-state index in [2.05, 4.69) is 17.1 Å². The van der Waals surface area contributed by atoms with Gasteiger partial charge in [-0.3, -0.25) is 4.90 Å². The average Bonchev–Trinajstić information content (AvgIpc) is 2.89. The Hall–Kier alpha value is -0.930. The van der Waals surface area contributed by atoms with Gasteiger partial charge in [-0.25, -0.2) is 4.39 Å². The van der Waals surface area contributed by atoms with E-state index in [-0.39, 0.29) is 5.82 Å². The third-order valence-electron chi connectivity index (χ3n) is 4.66. The second-order valence-electron chi connectivity index (χ2n) is 5.84. The van der Waals surface area contributed by atoms with Crippen molar-refractivity contribution in [1.29, 1.82) is 0 Å². The van der Waals surface area contributed by atoms with Crippen LogP contribution in [0.15, 0.2) is 18.2 Å². The highest BCUT2D eigenvalue weighted by Gasteiger charge is 2.41. The molecule has 98 valence electrons. The number of halogens is 1. The topological polar surface area (TPSA) is 15.3 Å². The van der Waals surface area contributed by atoms with E-state index in [1.54, 1.807) is 6.07 Å². The standard InChI is InChI=1S/C15H21FN2/c1-10-5-12(3-4-15(10)16)8-18-9-13-6-17-7-14(13)11(18)2/h3-5,11,13-14,17H,6-9H2,1-2H3. The maximum absolute atomic E-state index is 13.3. The second-order valence-corrected chi connectivity index (χ2v) is 5.84. The predicted molar refractivity (Wildman–Crippen MR) is 70.9 cm³/mol. The molecule has 0 spiro atoms. The molecule has 1 N–H and O–H groups in total. The van der Waals surface area contributed by atoms with Gasteiger partial charge in [-0.2, -0.15) is 0 Å². The minimum Gasteiger partial charge on any atom is -0.316 e. The van der Waals surface area contributed by atoms with E-state index < -0.39 is 0 Å². The lowest BCUT2D eigenvalue weighted by molar-refractivity contribution is 0.231. The van der Waals surface area contributed by atoms with Crippen molar-refractivity contribution in [2.45, 2.75) is 26.4 Å². The van der Waals surface area contributed by atoms with Crippen molar-refractivity contribution >= 4 is 0 Å². The average molecular weight is 248 g/mol. The Balaban J connectivity index is 1.71. The smallest absolute Gasteiger partial charge is 0.126 e. The zero-order valence-electron chi connectivity index (χ0n) is 11.1. The summed E-state index contributed by atoms with van der Waals surface area (Å²) in [5, 5.41) is 3.48. The summed E-state index contributed by atoms with van der Waals surface area (Å²) in [7, 11) is 0. The Morgan fingerprint density at radius 3 is 2.94 bits per heavy atom. The number of nitrogens with zero attached hydrogens (tertiary/aromatic N) is 1. The van der Waals surface area contributed by atoms with Crippen molar-refractivity contribution in [3.63, 3.8) is 0 Å². The lowest BCUT2D eigenvalue weighted by Gasteiger charge is -2.24. The Labute approximate surface area is 108 Å². The maximum atomic E-state index is 13.3. The van der Waals surface area contributed by atoms with Crippen LogP contribution in [0, 0.1) is 24.6 Å². The van der Waals surface area contributed by atoms with Gasteiger partial charge in [-0.05, 0) is 56.0 Å². The minimum absolute atomic E-state index is 0.103.